The average Bonchev–Trinajstić information content (AvgIpc) is 2.14. The Kier molecular flexibility index (Phi) is 7.22. The molecule has 0 aromatic carbocycles. The lowest BCUT2D eigenvalue weighted by Gasteiger charge is -1.99. The maximum atomic E-state index is 13.1. The second-order valence-corrected chi connectivity index (χ2v) is 4.76. The maximum absolute atomic E-state index is 13.1. The lowest BCUT2D eigenvalue weighted by atomic mass is 10.1. The van der Waals surface area contributed by atoms with E-state index in [0.717, 1.165) is 6.42 Å². The lowest BCUT2D eigenvalue weighted by Crippen LogP contribution is -1.95. The fraction of sp³-hybridized carbons (Fsp3) is 0.417. The van der Waals surface area contributed by atoms with Crippen LogP contribution in [0.2, 0.25) is 0 Å². The standard InChI is InChI=1S/C12H17BrFN/c1-4-5-11(14)8-9(2)12(15)7-6-10(3)13/h6-8,10,15H,2,4-5H2,1,3H3/b7-6-,11-8+,15-12?. The molecule has 0 bridgehead atoms. The molecule has 0 radical (unpaired) electrons. The quantitative estimate of drug-likeness (QED) is 0.417. The highest BCUT2D eigenvalue weighted by molar-refractivity contribution is 9.09. The van der Waals surface area contributed by atoms with Crippen molar-refractivity contribution in [3.05, 3.63) is 36.2 Å². The Morgan fingerprint density at radius 3 is 2.67 bits per heavy atom. The van der Waals surface area contributed by atoms with Crippen LogP contribution in [0.1, 0.15) is 26.7 Å². The highest BCUT2D eigenvalue weighted by Crippen LogP contribution is 2.10. The molecule has 1 unspecified atom stereocenters. The first-order chi connectivity index (χ1) is 6.97. The van der Waals surface area contributed by atoms with Gasteiger partial charge in [-0.05, 0) is 37.5 Å². The van der Waals surface area contributed by atoms with Gasteiger partial charge in [0.15, 0.2) is 0 Å². The molecule has 3 heteroatoms. The summed E-state index contributed by atoms with van der Waals surface area (Å²) in [5.74, 6) is -0.215. The van der Waals surface area contributed by atoms with E-state index in [1.165, 1.54) is 6.08 Å². The molecule has 0 heterocycles. The summed E-state index contributed by atoms with van der Waals surface area (Å²) in [6.45, 7) is 7.50. The van der Waals surface area contributed by atoms with E-state index >= 15 is 0 Å². The highest BCUT2D eigenvalue weighted by Gasteiger charge is 1.99. The predicted octanol–water partition coefficient (Wildman–Crippen LogP) is 4.56. The van der Waals surface area contributed by atoms with Crippen LogP contribution in [-0.2, 0) is 0 Å². The molecule has 1 N–H and O–H groups in total. The molecule has 0 spiro atoms. The Morgan fingerprint density at radius 2 is 2.20 bits per heavy atom. The molecule has 0 aromatic heterocycles. The molecule has 15 heavy (non-hydrogen) atoms. The molecule has 0 rings (SSSR count). The minimum Gasteiger partial charge on any atom is -0.300 e. The van der Waals surface area contributed by atoms with Crippen LogP contribution in [-0.4, -0.2) is 10.5 Å². The Balaban J connectivity index is 4.34. The van der Waals surface area contributed by atoms with Gasteiger partial charge in [-0.3, -0.25) is 0 Å². The monoisotopic (exact) mass is 273 g/mol. The van der Waals surface area contributed by atoms with Crippen LogP contribution in [0.5, 0.6) is 0 Å². The van der Waals surface area contributed by atoms with Gasteiger partial charge in [-0.2, -0.15) is 0 Å². The van der Waals surface area contributed by atoms with Crippen molar-refractivity contribution in [1.29, 1.82) is 5.41 Å². The molecule has 1 nitrogen and oxygen atoms in total. The summed E-state index contributed by atoms with van der Waals surface area (Å²) >= 11 is 3.33. The van der Waals surface area contributed by atoms with E-state index < -0.39 is 0 Å². The van der Waals surface area contributed by atoms with E-state index in [2.05, 4.69) is 22.5 Å². The molecule has 0 amide bonds. The van der Waals surface area contributed by atoms with Crippen molar-refractivity contribution < 1.29 is 4.39 Å². The van der Waals surface area contributed by atoms with Gasteiger partial charge < -0.3 is 5.41 Å². The first kappa shape index (κ1) is 14.3. The van der Waals surface area contributed by atoms with Crippen LogP contribution in [0.4, 0.5) is 4.39 Å². The summed E-state index contributed by atoms with van der Waals surface area (Å²) < 4.78 is 13.1. The Bertz CT molecular complexity index is 290. The first-order valence-electron chi connectivity index (χ1n) is 4.93. The SMILES string of the molecule is C=C(/C=C(/F)CCC)C(=N)/C=C\C(C)Br. The van der Waals surface area contributed by atoms with Gasteiger partial charge in [0.1, 0.15) is 5.83 Å². The van der Waals surface area contributed by atoms with E-state index in [1.807, 2.05) is 19.9 Å². The number of hydrogen-bond donors (Lipinski definition) is 1. The van der Waals surface area contributed by atoms with Gasteiger partial charge in [0.25, 0.3) is 0 Å². The Morgan fingerprint density at radius 1 is 1.60 bits per heavy atom. The molecule has 1 atom stereocenters. The zero-order valence-electron chi connectivity index (χ0n) is 9.19. The third kappa shape index (κ3) is 7.25. The van der Waals surface area contributed by atoms with E-state index in [9.17, 15) is 4.39 Å². The summed E-state index contributed by atoms with van der Waals surface area (Å²) in [5.41, 5.74) is 0.651. The molecule has 0 fully saturated rings. The van der Waals surface area contributed by atoms with Crippen molar-refractivity contribution >= 4 is 21.6 Å². The van der Waals surface area contributed by atoms with E-state index in [4.69, 9.17) is 5.41 Å². The van der Waals surface area contributed by atoms with Gasteiger partial charge in [-0.1, -0.05) is 35.5 Å². The van der Waals surface area contributed by atoms with Crippen LogP contribution in [0.3, 0.4) is 0 Å². The summed E-state index contributed by atoms with van der Waals surface area (Å²) in [7, 11) is 0. The van der Waals surface area contributed by atoms with Gasteiger partial charge >= 0.3 is 0 Å². The molecule has 0 saturated heterocycles. The molecule has 84 valence electrons. The second-order valence-electron chi connectivity index (χ2n) is 3.32. The normalized spacial score (nSPS) is 14.3. The number of allylic oxidation sites excluding steroid dienone is 5. The van der Waals surface area contributed by atoms with Crippen molar-refractivity contribution in [2.45, 2.75) is 31.5 Å². The molecule has 0 aliphatic heterocycles. The topological polar surface area (TPSA) is 23.9 Å². The van der Waals surface area contributed by atoms with Gasteiger partial charge in [0.2, 0.25) is 0 Å². The number of halogens is 2. The van der Waals surface area contributed by atoms with Crippen LogP contribution in [0.15, 0.2) is 36.2 Å². The number of hydrogen-bond acceptors (Lipinski definition) is 1. The minimum atomic E-state index is -0.215. The minimum absolute atomic E-state index is 0.204. The fourth-order valence-electron chi connectivity index (χ4n) is 0.914. The summed E-state index contributed by atoms with van der Waals surface area (Å²) in [6, 6.07) is 0. The Labute approximate surface area is 99.4 Å². The van der Waals surface area contributed by atoms with Gasteiger partial charge in [-0.15, -0.1) is 0 Å². The van der Waals surface area contributed by atoms with Crippen LogP contribution >= 0.6 is 15.9 Å². The highest BCUT2D eigenvalue weighted by atomic mass is 79.9. The summed E-state index contributed by atoms with van der Waals surface area (Å²) in [6.07, 6.45) is 5.94. The molecular weight excluding hydrogens is 257 g/mol. The average molecular weight is 274 g/mol. The summed E-state index contributed by atoms with van der Waals surface area (Å²) in [4.78, 5) is 0.204. The molecule has 0 aliphatic rings. The third-order valence-electron chi connectivity index (χ3n) is 1.69. The zero-order chi connectivity index (χ0) is 11.8. The predicted molar refractivity (Wildman–Crippen MR) is 68.5 cm³/mol. The van der Waals surface area contributed by atoms with Crippen molar-refractivity contribution in [3.8, 4) is 0 Å². The smallest absolute Gasteiger partial charge is 0.101 e. The van der Waals surface area contributed by atoms with E-state index in [-0.39, 0.29) is 16.4 Å². The number of rotatable bonds is 6. The number of nitrogens with one attached hydrogen (secondary N) is 1. The van der Waals surface area contributed by atoms with Gasteiger partial charge in [-0.25, -0.2) is 4.39 Å². The van der Waals surface area contributed by atoms with Crippen LogP contribution < -0.4 is 0 Å². The van der Waals surface area contributed by atoms with Gasteiger partial charge in [0.05, 0.1) is 5.71 Å². The van der Waals surface area contributed by atoms with Crippen molar-refractivity contribution in [1.82, 2.24) is 0 Å². The molecule has 0 aromatic rings. The third-order valence-corrected chi connectivity index (χ3v) is 2.00. The van der Waals surface area contributed by atoms with Crippen LogP contribution in [0, 0.1) is 5.41 Å². The van der Waals surface area contributed by atoms with Crippen molar-refractivity contribution in [3.63, 3.8) is 0 Å². The maximum Gasteiger partial charge on any atom is 0.101 e. The van der Waals surface area contributed by atoms with Crippen molar-refractivity contribution in [2.75, 3.05) is 0 Å². The fourth-order valence-corrected chi connectivity index (χ4v) is 1.07. The van der Waals surface area contributed by atoms with Gasteiger partial charge in [0, 0.05) is 4.83 Å². The largest absolute Gasteiger partial charge is 0.300 e. The molecule has 0 aliphatic carbocycles. The van der Waals surface area contributed by atoms with Crippen molar-refractivity contribution in [2.24, 2.45) is 0 Å². The first-order valence-corrected chi connectivity index (χ1v) is 5.85. The Hall–Kier alpha value is -0.700. The lowest BCUT2D eigenvalue weighted by molar-refractivity contribution is 0.583. The summed E-state index contributed by atoms with van der Waals surface area (Å²) in [5, 5.41) is 7.60. The molecular formula is C12H17BrFN. The van der Waals surface area contributed by atoms with E-state index in [0.29, 0.717) is 12.0 Å². The van der Waals surface area contributed by atoms with E-state index in [1.54, 1.807) is 6.08 Å². The second kappa shape index (κ2) is 7.57. The zero-order valence-corrected chi connectivity index (χ0v) is 10.8. The molecule has 0 saturated carbocycles. The number of alkyl halides is 1. The van der Waals surface area contributed by atoms with Crippen LogP contribution in [0.25, 0.3) is 0 Å².